The van der Waals surface area contributed by atoms with Crippen molar-refractivity contribution in [3.63, 3.8) is 0 Å². The normalized spacial score (nSPS) is 16.0. The zero-order valence-corrected chi connectivity index (χ0v) is 15.3. The van der Waals surface area contributed by atoms with Crippen LogP contribution in [0.2, 0.25) is 0 Å². The van der Waals surface area contributed by atoms with Crippen LogP contribution in [0.15, 0.2) is 41.4 Å². The predicted octanol–water partition coefficient (Wildman–Crippen LogP) is 1.63. The molecule has 0 saturated carbocycles. The molecule has 2 aromatic rings. The smallest absolute Gasteiger partial charge is 0.319 e. The Morgan fingerprint density at radius 1 is 1.22 bits per heavy atom. The molecule has 11 heteroatoms. The molecule has 1 fully saturated rings. The van der Waals surface area contributed by atoms with Crippen LogP contribution in [0.5, 0.6) is 11.9 Å². The predicted molar refractivity (Wildman–Crippen MR) is 94.1 cm³/mol. The maximum Gasteiger partial charge on any atom is 0.319 e. The third-order valence-corrected chi connectivity index (χ3v) is 6.10. The Kier molecular flexibility index (Phi) is 5.51. The molecule has 0 atom stereocenters. The minimum Gasteiger partial charge on any atom is -0.474 e. The number of rotatable bonds is 6. The molecule has 1 aliphatic heterocycles. The van der Waals surface area contributed by atoms with Gasteiger partial charge in [-0.25, -0.2) is 13.4 Å². The van der Waals surface area contributed by atoms with Crippen LogP contribution in [0, 0.1) is 10.1 Å². The Bertz CT molecular complexity index is 928. The first-order chi connectivity index (χ1) is 12.9. The van der Waals surface area contributed by atoms with Gasteiger partial charge < -0.3 is 9.47 Å². The number of para-hydroxylation sites is 1. The van der Waals surface area contributed by atoms with Crippen molar-refractivity contribution >= 4 is 15.7 Å². The van der Waals surface area contributed by atoms with Gasteiger partial charge in [-0.05, 0) is 18.9 Å². The van der Waals surface area contributed by atoms with E-state index in [1.807, 2.05) is 0 Å². The van der Waals surface area contributed by atoms with Gasteiger partial charge in [-0.2, -0.15) is 9.29 Å². The zero-order valence-electron chi connectivity index (χ0n) is 14.5. The van der Waals surface area contributed by atoms with Crippen LogP contribution in [0.3, 0.4) is 0 Å². The summed E-state index contributed by atoms with van der Waals surface area (Å²) in [5.41, 5.74) is -0.427. The molecule has 1 aliphatic rings. The number of hydrogen-bond acceptors (Lipinski definition) is 8. The summed E-state index contributed by atoms with van der Waals surface area (Å²) in [6, 6.07) is 7.13. The van der Waals surface area contributed by atoms with Crippen molar-refractivity contribution in [2.45, 2.75) is 23.8 Å². The van der Waals surface area contributed by atoms with Gasteiger partial charge in [0.25, 0.3) is 5.69 Å². The molecular formula is C16H18N4O6S. The number of nitrogens with zero attached hydrogens (tertiary/aromatic N) is 4. The van der Waals surface area contributed by atoms with E-state index in [-0.39, 0.29) is 30.1 Å². The number of nitro groups is 1. The molecule has 0 spiro atoms. The van der Waals surface area contributed by atoms with E-state index >= 15 is 0 Å². The maximum atomic E-state index is 12.8. The summed E-state index contributed by atoms with van der Waals surface area (Å²) < 4.78 is 37.6. The van der Waals surface area contributed by atoms with Crippen molar-refractivity contribution in [3.05, 3.63) is 46.6 Å². The standard InChI is InChI=1S/C16H18N4O6S/c1-25-16-17-9-6-15(18-16)26-12-7-10-19(11-8-12)27(23,24)14-5-3-2-4-13(14)20(21)22/h2-6,9,12H,7-8,10-11H2,1H3. The Morgan fingerprint density at radius 3 is 2.59 bits per heavy atom. The largest absolute Gasteiger partial charge is 0.474 e. The first-order valence-corrected chi connectivity index (χ1v) is 9.63. The van der Waals surface area contributed by atoms with Crippen LogP contribution in [-0.4, -0.2) is 53.9 Å². The summed E-state index contributed by atoms with van der Waals surface area (Å²) >= 11 is 0. The number of ether oxygens (including phenoxy) is 2. The number of benzene rings is 1. The first kappa shape index (κ1) is 19.0. The average molecular weight is 394 g/mol. The van der Waals surface area contributed by atoms with Crippen LogP contribution >= 0.6 is 0 Å². The third kappa shape index (κ3) is 4.14. The van der Waals surface area contributed by atoms with E-state index in [2.05, 4.69) is 9.97 Å². The molecule has 0 radical (unpaired) electrons. The van der Waals surface area contributed by atoms with Gasteiger partial charge in [0.2, 0.25) is 15.9 Å². The van der Waals surface area contributed by atoms with Gasteiger partial charge in [0.05, 0.1) is 12.0 Å². The SMILES string of the molecule is COc1nccc(OC2CCN(S(=O)(=O)c3ccccc3[N+](=O)[O-])CC2)n1. The van der Waals surface area contributed by atoms with Crippen molar-refractivity contribution in [1.29, 1.82) is 0 Å². The molecule has 144 valence electrons. The minimum absolute atomic E-state index is 0.184. The molecule has 3 rings (SSSR count). The van der Waals surface area contributed by atoms with Crippen molar-refractivity contribution in [3.8, 4) is 11.9 Å². The van der Waals surface area contributed by atoms with E-state index in [4.69, 9.17) is 9.47 Å². The van der Waals surface area contributed by atoms with Crippen molar-refractivity contribution in [2.75, 3.05) is 20.2 Å². The fourth-order valence-corrected chi connectivity index (χ4v) is 4.44. The van der Waals surface area contributed by atoms with Gasteiger partial charge in [0, 0.05) is 31.4 Å². The molecule has 1 aromatic heterocycles. The average Bonchev–Trinajstić information content (AvgIpc) is 2.68. The summed E-state index contributed by atoms with van der Waals surface area (Å²) in [5.74, 6) is 0.349. The van der Waals surface area contributed by atoms with E-state index in [1.54, 1.807) is 6.07 Å². The monoisotopic (exact) mass is 394 g/mol. The highest BCUT2D eigenvalue weighted by Crippen LogP contribution is 2.29. The zero-order chi connectivity index (χ0) is 19.4. The van der Waals surface area contributed by atoms with Crippen LogP contribution < -0.4 is 9.47 Å². The van der Waals surface area contributed by atoms with E-state index in [1.165, 1.54) is 41.9 Å². The Balaban J connectivity index is 1.69. The first-order valence-electron chi connectivity index (χ1n) is 8.19. The molecule has 27 heavy (non-hydrogen) atoms. The molecule has 2 heterocycles. The van der Waals surface area contributed by atoms with Gasteiger partial charge in [0.1, 0.15) is 6.10 Å². The summed E-state index contributed by atoms with van der Waals surface area (Å²) in [7, 11) is -2.50. The fourth-order valence-electron chi connectivity index (χ4n) is 2.82. The highest BCUT2D eigenvalue weighted by molar-refractivity contribution is 7.89. The van der Waals surface area contributed by atoms with Crippen LogP contribution in [-0.2, 0) is 10.0 Å². The number of methoxy groups -OCH3 is 1. The highest BCUT2D eigenvalue weighted by Gasteiger charge is 2.34. The van der Waals surface area contributed by atoms with E-state index in [0.717, 1.165) is 0 Å². The lowest BCUT2D eigenvalue weighted by molar-refractivity contribution is -0.387. The quantitative estimate of drug-likeness (QED) is 0.535. The Morgan fingerprint density at radius 2 is 1.93 bits per heavy atom. The number of nitro benzene ring substituents is 1. The molecular weight excluding hydrogens is 376 g/mol. The maximum absolute atomic E-state index is 12.8. The Hall–Kier alpha value is -2.79. The second-order valence-electron chi connectivity index (χ2n) is 5.83. The molecule has 0 N–H and O–H groups in total. The lowest BCUT2D eigenvalue weighted by Crippen LogP contribution is -2.41. The lowest BCUT2D eigenvalue weighted by Gasteiger charge is -2.31. The second kappa shape index (κ2) is 7.84. The summed E-state index contributed by atoms with van der Waals surface area (Å²) in [4.78, 5) is 18.1. The van der Waals surface area contributed by atoms with E-state index in [0.29, 0.717) is 18.7 Å². The Labute approximate surface area is 156 Å². The summed E-state index contributed by atoms with van der Waals surface area (Å²) in [6.45, 7) is 0.391. The minimum atomic E-state index is -3.95. The molecule has 1 aromatic carbocycles. The number of sulfonamides is 1. The van der Waals surface area contributed by atoms with Gasteiger partial charge in [-0.3, -0.25) is 10.1 Å². The number of aromatic nitrogens is 2. The van der Waals surface area contributed by atoms with Gasteiger partial charge >= 0.3 is 6.01 Å². The molecule has 0 aliphatic carbocycles. The molecule has 0 unspecified atom stereocenters. The van der Waals surface area contributed by atoms with E-state index in [9.17, 15) is 18.5 Å². The van der Waals surface area contributed by atoms with Crippen LogP contribution in [0.4, 0.5) is 5.69 Å². The third-order valence-electron chi connectivity index (χ3n) is 4.16. The molecule has 0 amide bonds. The van der Waals surface area contributed by atoms with Gasteiger partial charge in [-0.15, -0.1) is 0 Å². The van der Waals surface area contributed by atoms with Crippen molar-refractivity contribution < 1.29 is 22.8 Å². The fraction of sp³-hybridized carbons (Fsp3) is 0.375. The van der Waals surface area contributed by atoms with Crippen LogP contribution in [0.1, 0.15) is 12.8 Å². The molecule has 10 nitrogen and oxygen atoms in total. The molecule has 1 saturated heterocycles. The number of piperidine rings is 1. The van der Waals surface area contributed by atoms with E-state index < -0.39 is 20.6 Å². The lowest BCUT2D eigenvalue weighted by atomic mass is 10.1. The molecule has 0 bridgehead atoms. The van der Waals surface area contributed by atoms with Gasteiger partial charge in [-0.1, -0.05) is 12.1 Å². The highest BCUT2D eigenvalue weighted by atomic mass is 32.2. The second-order valence-corrected chi connectivity index (χ2v) is 7.73. The van der Waals surface area contributed by atoms with Crippen LogP contribution in [0.25, 0.3) is 0 Å². The summed E-state index contributed by atoms with van der Waals surface area (Å²) in [5, 5.41) is 11.1. The number of hydrogen-bond donors (Lipinski definition) is 0. The topological polar surface area (TPSA) is 125 Å². The van der Waals surface area contributed by atoms with Gasteiger partial charge in [0.15, 0.2) is 4.90 Å². The van der Waals surface area contributed by atoms with Crippen molar-refractivity contribution in [2.24, 2.45) is 0 Å². The van der Waals surface area contributed by atoms with Crippen molar-refractivity contribution in [1.82, 2.24) is 14.3 Å². The summed E-state index contributed by atoms with van der Waals surface area (Å²) in [6.07, 6.45) is 2.16.